The SMILES string of the molecule is CC(C)C(NC(=O)Cn1c(-c2ccc(F)cc2)ncc(N)c1=O)C(=O)c1nccs1. The number of rotatable bonds is 7. The maximum Gasteiger partial charge on any atom is 0.277 e. The fourth-order valence-corrected chi connectivity index (χ4v) is 3.47. The first-order valence-electron chi connectivity index (χ1n) is 9.12. The fraction of sp³-hybridized carbons (Fsp3) is 0.250. The smallest absolute Gasteiger partial charge is 0.277 e. The van der Waals surface area contributed by atoms with Gasteiger partial charge in [0.15, 0.2) is 5.01 Å². The summed E-state index contributed by atoms with van der Waals surface area (Å²) in [5.41, 5.74) is 5.39. The minimum absolute atomic E-state index is 0.132. The van der Waals surface area contributed by atoms with Gasteiger partial charge in [0.1, 0.15) is 23.9 Å². The van der Waals surface area contributed by atoms with Crippen molar-refractivity contribution in [3.05, 3.63) is 63.2 Å². The number of anilines is 1. The van der Waals surface area contributed by atoms with Crippen LogP contribution in [-0.4, -0.2) is 32.3 Å². The van der Waals surface area contributed by atoms with Crippen LogP contribution in [0.4, 0.5) is 10.1 Å². The highest BCUT2D eigenvalue weighted by molar-refractivity contribution is 7.11. The third-order valence-corrected chi connectivity index (χ3v) is 5.17. The summed E-state index contributed by atoms with van der Waals surface area (Å²) in [6.07, 6.45) is 2.71. The van der Waals surface area contributed by atoms with Crippen molar-refractivity contribution < 1.29 is 14.0 Å². The molecule has 1 amide bonds. The van der Waals surface area contributed by atoms with Gasteiger partial charge in [0.2, 0.25) is 11.7 Å². The Kier molecular flexibility index (Phi) is 6.36. The van der Waals surface area contributed by atoms with Crippen LogP contribution in [0.5, 0.6) is 0 Å². The van der Waals surface area contributed by atoms with Crippen LogP contribution in [0.1, 0.15) is 23.6 Å². The standard InChI is InChI=1S/C20H20FN5O3S/c1-11(2)16(17(28)19-23-7-8-30-19)25-15(27)10-26-18(24-9-14(22)20(26)29)12-3-5-13(21)6-4-12/h3-9,11,16H,10,22H2,1-2H3,(H,25,27). The van der Waals surface area contributed by atoms with Crippen LogP contribution in [-0.2, 0) is 11.3 Å². The van der Waals surface area contributed by atoms with E-state index in [2.05, 4.69) is 15.3 Å². The Bertz CT molecular complexity index is 1110. The second-order valence-electron chi connectivity index (χ2n) is 6.93. The highest BCUT2D eigenvalue weighted by atomic mass is 32.1. The molecule has 0 radical (unpaired) electrons. The number of ketones is 1. The third-order valence-electron chi connectivity index (χ3n) is 4.39. The molecule has 30 heavy (non-hydrogen) atoms. The van der Waals surface area contributed by atoms with E-state index in [0.717, 1.165) is 4.57 Å². The molecule has 3 rings (SSSR count). The quantitative estimate of drug-likeness (QED) is 0.555. The Morgan fingerprint density at radius 1 is 1.23 bits per heavy atom. The minimum Gasteiger partial charge on any atom is -0.393 e. The van der Waals surface area contributed by atoms with Crippen molar-refractivity contribution in [2.24, 2.45) is 5.92 Å². The van der Waals surface area contributed by atoms with Crippen molar-refractivity contribution in [1.82, 2.24) is 19.9 Å². The van der Waals surface area contributed by atoms with Gasteiger partial charge in [-0.1, -0.05) is 13.8 Å². The summed E-state index contributed by atoms with van der Waals surface area (Å²) in [5.74, 6) is -1.34. The van der Waals surface area contributed by atoms with E-state index in [4.69, 9.17) is 5.73 Å². The van der Waals surface area contributed by atoms with E-state index in [1.54, 1.807) is 19.2 Å². The van der Waals surface area contributed by atoms with Crippen molar-refractivity contribution in [2.45, 2.75) is 26.4 Å². The molecule has 0 saturated heterocycles. The number of aromatic nitrogens is 3. The monoisotopic (exact) mass is 429 g/mol. The summed E-state index contributed by atoms with van der Waals surface area (Å²) in [7, 11) is 0. The molecule has 1 atom stereocenters. The number of nitrogens with zero attached hydrogens (tertiary/aromatic N) is 3. The van der Waals surface area contributed by atoms with Gasteiger partial charge in [0.25, 0.3) is 5.56 Å². The van der Waals surface area contributed by atoms with Gasteiger partial charge in [-0.2, -0.15) is 0 Å². The molecule has 10 heteroatoms. The van der Waals surface area contributed by atoms with Gasteiger partial charge in [0, 0.05) is 17.1 Å². The molecule has 0 spiro atoms. The largest absolute Gasteiger partial charge is 0.393 e. The topological polar surface area (TPSA) is 120 Å². The first kappa shape index (κ1) is 21.3. The summed E-state index contributed by atoms with van der Waals surface area (Å²) in [6, 6.07) is 4.55. The number of nitrogen functional groups attached to an aromatic ring is 1. The number of nitrogens with two attached hydrogens (primary N) is 1. The molecular formula is C20H20FN5O3S. The molecule has 0 aliphatic heterocycles. The molecular weight excluding hydrogens is 409 g/mol. The Labute approximate surface area is 175 Å². The zero-order valence-electron chi connectivity index (χ0n) is 16.3. The summed E-state index contributed by atoms with van der Waals surface area (Å²) in [5, 5.41) is 4.65. The van der Waals surface area contributed by atoms with Crippen molar-refractivity contribution >= 4 is 28.7 Å². The molecule has 8 nitrogen and oxygen atoms in total. The van der Waals surface area contributed by atoms with E-state index in [1.165, 1.54) is 48.0 Å². The number of amides is 1. The van der Waals surface area contributed by atoms with Gasteiger partial charge in [0.05, 0.1) is 12.2 Å². The van der Waals surface area contributed by atoms with Crippen LogP contribution in [0, 0.1) is 11.7 Å². The molecule has 0 aliphatic rings. The molecule has 3 aromatic rings. The maximum atomic E-state index is 13.3. The molecule has 1 unspecified atom stereocenters. The van der Waals surface area contributed by atoms with E-state index in [-0.39, 0.29) is 23.2 Å². The van der Waals surface area contributed by atoms with Gasteiger partial charge in [-0.25, -0.2) is 14.4 Å². The molecule has 1 aromatic carbocycles. The van der Waals surface area contributed by atoms with E-state index in [1.807, 2.05) is 0 Å². The Balaban J connectivity index is 1.88. The number of hydrogen-bond acceptors (Lipinski definition) is 7. The van der Waals surface area contributed by atoms with Gasteiger partial charge >= 0.3 is 0 Å². The van der Waals surface area contributed by atoms with Crippen molar-refractivity contribution in [3.63, 3.8) is 0 Å². The molecule has 156 valence electrons. The molecule has 0 aliphatic carbocycles. The maximum absolute atomic E-state index is 13.3. The summed E-state index contributed by atoms with van der Waals surface area (Å²) in [6.45, 7) is 3.20. The van der Waals surface area contributed by atoms with Crippen LogP contribution < -0.4 is 16.6 Å². The number of Topliss-reactive ketones (excluding diaryl/α,β-unsaturated/α-hetero) is 1. The van der Waals surface area contributed by atoms with Crippen molar-refractivity contribution in [3.8, 4) is 11.4 Å². The van der Waals surface area contributed by atoms with Crippen LogP contribution in [0.3, 0.4) is 0 Å². The number of thiazole rings is 1. The van der Waals surface area contributed by atoms with Crippen LogP contribution in [0.2, 0.25) is 0 Å². The number of carbonyl (C=O) groups is 2. The number of hydrogen-bond donors (Lipinski definition) is 2. The lowest BCUT2D eigenvalue weighted by Gasteiger charge is -2.21. The number of nitrogens with one attached hydrogen (secondary N) is 1. The summed E-state index contributed by atoms with van der Waals surface area (Å²) >= 11 is 1.19. The average Bonchev–Trinajstić information content (AvgIpc) is 3.25. The van der Waals surface area contributed by atoms with Gasteiger partial charge < -0.3 is 11.1 Å². The molecule has 3 N–H and O–H groups in total. The minimum atomic E-state index is -0.803. The van der Waals surface area contributed by atoms with E-state index in [9.17, 15) is 18.8 Å². The average molecular weight is 429 g/mol. The lowest BCUT2D eigenvalue weighted by atomic mass is 10.00. The zero-order valence-corrected chi connectivity index (χ0v) is 17.1. The third kappa shape index (κ3) is 4.60. The fourth-order valence-electron chi connectivity index (χ4n) is 2.86. The summed E-state index contributed by atoms with van der Waals surface area (Å²) in [4.78, 5) is 46.1. The Hall–Kier alpha value is -3.40. The Morgan fingerprint density at radius 2 is 1.93 bits per heavy atom. The number of halogens is 1. The van der Waals surface area contributed by atoms with E-state index < -0.39 is 29.9 Å². The molecule has 0 saturated carbocycles. The van der Waals surface area contributed by atoms with E-state index in [0.29, 0.717) is 10.6 Å². The van der Waals surface area contributed by atoms with Gasteiger partial charge in [-0.3, -0.25) is 19.0 Å². The van der Waals surface area contributed by atoms with E-state index >= 15 is 0 Å². The van der Waals surface area contributed by atoms with Gasteiger partial charge in [-0.05, 0) is 30.2 Å². The van der Waals surface area contributed by atoms with Crippen molar-refractivity contribution in [2.75, 3.05) is 5.73 Å². The molecule has 0 bridgehead atoms. The normalized spacial score (nSPS) is 12.0. The van der Waals surface area contributed by atoms with Crippen molar-refractivity contribution in [1.29, 1.82) is 0 Å². The second kappa shape index (κ2) is 8.95. The molecule has 2 heterocycles. The highest BCUT2D eigenvalue weighted by Crippen LogP contribution is 2.17. The predicted molar refractivity (Wildman–Crippen MR) is 112 cm³/mol. The molecule has 2 aromatic heterocycles. The lowest BCUT2D eigenvalue weighted by Crippen LogP contribution is -2.46. The first-order chi connectivity index (χ1) is 14.3. The second-order valence-corrected chi connectivity index (χ2v) is 7.82. The first-order valence-corrected chi connectivity index (χ1v) is 10.00. The Morgan fingerprint density at radius 3 is 2.53 bits per heavy atom. The van der Waals surface area contributed by atoms with Crippen LogP contribution in [0.25, 0.3) is 11.4 Å². The zero-order chi connectivity index (χ0) is 21.8. The number of carbonyl (C=O) groups excluding carboxylic acids is 2. The predicted octanol–water partition coefficient (Wildman–Crippen LogP) is 2.11. The highest BCUT2D eigenvalue weighted by Gasteiger charge is 2.27. The molecule has 0 fully saturated rings. The van der Waals surface area contributed by atoms with Crippen LogP contribution >= 0.6 is 11.3 Å². The van der Waals surface area contributed by atoms with Gasteiger partial charge in [-0.15, -0.1) is 11.3 Å². The lowest BCUT2D eigenvalue weighted by molar-refractivity contribution is -0.122. The number of benzene rings is 1. The summed E-state index contributed by atoms with van der Waals surface area (Å²) < 4.78 is 14.4. The van der Waals surface area contributed by atoms with Crippen LogP contribution in [0.15, 0.2) is 46.8 Å².